The molecule has 1 saturated heterocycles. The van der Waals surface area contributed by atoms with E-state index in [4.69, 9.17) is 23.7 Å². The number of hydrogen-bond donors (Lipinski definition) is 7. The molecule has 0 bridgehead atoms. The number of aromatic hydroxyl groups is 1. The molecule has 8 rings (SSSR count). The summed E-state index contributed by atoms with van der Waals surface area (Å²) in [6.07, 6.45) is 2.11. The summed E-state index contributed by atoms with van der Waals surface area (Å²) >= 11 is 0. The van der Waals surface area contributed by atoms with Crippen LogP contribution in [0.2, 0.25) is 0 Å². The van der Waals surface area contributed by atoms with Crippen LogP contribution in [0.4, 0.5) is 11.5 Å². The van der Waals surface area contributed by atoms with Crippen LogP contribution in [-0.4, -0.2) is 91.1 Å². The van der Waals surface area contributed by atoms with E-state index in [1.54, 1.807) is 37.3 Å². The number of ether oxygens (including phenoxy) is 2. The second kappa shape index (κ2) is 24.9. The number of carbonyl (C=O) groups excluding carboxylic acids is 3. The molecular formula is C50H49N6O21P3. The lowest BCUT2D eigenvalue weighted by Gasteiger charge is -2.19. The van der Waals surface area contributed by atoms with Gasteiger partial charge in [0.15, 0.2) is 28.2 Å². The molecule has 0 amide bonds. The van der Waals surface area contributed by atoms with Crippen molar-refractivity contribution in [1.29, 1.82) is 0 Å². The van der Waals surface area contributed by atoms with Crippen molar-refractivity contribution in [3.8, 4) is 45.8 Å². The average molecular weight is 1160 g/mol. The van der Waals surface area contributed by atoms with Gasteiger partial charge in [-0.15, -0.1) is 0 Å². The fourth-order valence-electron chi connectivity index (χ4n) is 8.90. The van der Waals surface area contributed by atoms with Crippen LogP contribution in [0.25, 0.3) is 44.6 Å². The number of ketones is 2. The van der Waals surface area contributed by atoms with E-state index in [-0.39, 0.29) is 100 Å². The third-order valence-corrected chi connectivity index (χ3v) is 16.3. The highest BCUT2D eigenvalue weighted by Gasteiger charge is 2.43. The Hall–Kier alpha value is -7.40. The molecule has 3 unspecified atom stereocenters. The molecule has 0 spiro atoms. The molecule has 3 aliphatic rings. The summed E-state index contributed by atoms with van der Waals surface area (Å²) in [6.45, 7) is 1.03. The van der Waals surface area contributed by atoms with E-state index >= 15 is 0 Å². The molecule has 3 aromatic carbocycles. The third-order valence-electron chi connectivity index (χ3n) is 12.5. The first-order chi connectivity index (χ1) is 38.0. The molecule has 6 atom stereocenters. The number of phenolic OH excluding ortho intramolecular Hbond substituents is 1. The lowest BCUT2D eigenvalue weighted by Crippen LogP contribution is -2.26. The molecular weight excluding hydrogens is 1110 g/mol. The molecule has 4 heterocycles. The highest BCUT2D eigenvalue weighted by atomic mass is 31.3. The highest BCUT2D eigenvalue weighted by molar-refractivity contribution is 7.66. The van der Waals surface area contributed by atoms with Crippen LogP contribution in [0, 0.1) is 22.0 Å². The van der Waals surface area contributed by atoms with E-state index in [0.29, 0.717) is 65.3 Å². The molecule has 30 heteroatoms. The largest absolute Gasteiger partial charge is 0.508 e. The van der Waals surface area contributed by atoms with E-state index in [1.807, 2.05) is 0 Å². The number of rotatable bonds is 25. The quantitative estimate of drug-likeness (QED) is 0.00417. The summed E-state index contributed by atoms with van der Waals surface area (Å²) < 4.78 is 65.2. The normalized spacial score (nSPS) is 17.3. The number of Topliss-reactive ketones (excluding diaryl/α,β-unsaturated/α-hetero) is 2. The average Bonchev–Trinajstić information content (AvgIpc) is 4.02. The number of anilines is 1. The zero-order valence-electron chi connectivity index (χ0n) is 41.9. The zero-order chi connectivity index (χ0) is 57.5. The van der Waals surface area contributed by atoms with E-state index in [2.05, 4.69) is 45.3 Å². The number of unbranched alkanes of at least 4 members (excludes halogenated alkanes) is 3. The first-order valence-electron chi connectivity index (χ1n) is 24.3. The standard InChI is InChI=1S/C50H49N6O21P3/c1-29(54-49-48-50(52-26-51-49)55(27-53-48)46-24-41(62)45(75-46)25-73-79(68,69)77-80(70,71)76-78(65,66)67)35-16-12-30(20-39(35)56(63)64)8-6-7-10-32(58)9-4-2-3-5-11-40(61)31-13-19-42(72-28-57)38(21-31)47-36-17-14-33(59)22-43(36)74-44-23-34(60)15-18-37(44)47/h12-23,26-29,41,45-46,59,62H,2-5,7,9-11,24-25H2,1H3,(H,68,69)(H,70,71)(H,51,52,54)(H2,65,66,67)/t29?,41-,45-,46-/m1/s1. The van der Waals surface area contributed by atoms with Crippen LogP contribution in [-0.2, 0) is 41.2 Å². The van der Waals surface area contributed by atoms with E-state index in [0.717, 1.165) is 0 Å². The molecule has 2 aromatic heterocycles. The molecule has 2 aliphatic heterocycles. The van der Waals surface area contributed by atoms with Crippen molar-refractivity contribution in [2.45, 2.75) is 89.2 Å². The predicted octanol–water partition coefficient (Wildman–Crippen LogP) is 7.94. The van der Waals surface area contributed by atoms with Crippen molar-refractivity contribution in [2.75, 3.05) is 11.9 Å². The molecule has 420 valence electrons. The van der Waals surface area contributed by atoms with Gasteiger partial charge in [-0.3, -0.25) is 38.4 Å². The van der Waals surface area contributed by atoms with Crippen LogP contribution in [0.15, 0.2) is 94.7 Å². The van der Waals surface area contributed by atoms with Gasteiger partial charge < -0.3 is 49.0 Å². The Morgan fingerprint density at radius 3 is 2.45 bits per heavy atom. The van der Waals surface area contributed by atoms with Crippen molar-refractivity contribution in [3.05, 3.63) is 122 Å². The van der Waals surface area contributed by atoms with Gasteiger partial charge in [0.1, 0.15) is 47.3 Å². The number of phosphoric acid groups is 3. The van der Waals surface area contributed by atoms with Crippen LogP contribution in [0.1, 0.15) is 98.5 Å². The van der Waals surface area contributed by atoms with Gasteiger partial charge in [-0.2, -0.15) is 8.62 Å². The van der Waals surface area contributed by atoms with E-state index < -0.39 is 59.5 Å². The molecule has 5 aromatic rings. The number of aliphatic hydroxyl groups excluding tert-OH is 1. The molecule has 0 saturated carbocycles. The maximum atomic E-state index is 13.5. The Morgan fingerprint density at radius 1 is 0.925 bits per heavy atom. The van der Waals surface area contributed by atoms with Gasteiger partial charge in [0.05, 0.1) is 35.6 Å². The Balaban J connectivity index is 0.801. The molecule has 7 N–H and O–H groups in total. The minimum Gasteiger partial charge on any atom is -0.508 e. The number of phenols is 1. The molecule has 1 fully saturated rings. The van der Waals surface area contributed by atoms with Crippen molar-refractivity contribution < 1.29 is 89.8 Å². The number of aliphatic hydroxyl groups is 1. The van der Waals surface area contributed by atoms with Gasteiger partial charge in [0.25, 0.3) is 12.2 Å². The highest BCUT2D eigenvalue weighted by Crippen LogP contribution is 2.66. The summed E-state index contributed by atoms with van der Waals surface area (Å²) in [5.74, 6) is 6.15. The number of nitro benzene ring substituents is 1. The van der Waals surface area contributed by atoms with E-state index in [9.17, 15) is 63.0 Å². The summed E-state index contributed by atoms with van der Waals surface area (Å²) in [6, 6.07) is 17.2. The summed E-state index contributed by atoms with van der Waals surface area (Å²) in [5.41, 5.74) is 2.56. The fourth-order valence-corrected chi connectivity index (χ4v) is 11.9. The number of carbonyl (C=O) groups is 3. The second-order valence-electron chi connectivity index (χ2n) is 18.2. The lowest BCUT2D eigenvalue weighted by molar-refractivity contribution is -0.385. The maximum Gasteiger partial charge on any atom is 0.490 e. The van der Waals surface area contributed by atoms with Crippen LogP contribution >= 0.6 is 23.5 Å². The molecule has 1 aliphatic carbocycles. The Labute approximate surface area is 452 Å². The Kier molecular flexibility index (Phi) is 18.3. The number of nitrogens with zero attached hydrogens (tertiary/aromatic N) is 5. The Morgan fingerprint density at radius 2 is 1.70 bits per heavy atom. The smallest absolute Gasteiger partial charge is 0.490 e. The van der Waals surface area contributed by atoms with Crippen molar-refractivity contribution in [2.24, 2.45) is 0 Å². The predicted molar refractivity (Wildman–Crippen MR) is 281 cm³/mol. The number of nitro groups is 1. The van der Waals surface area contributed by atoms with Gasteiger partial charge in [-0.25, -0.2) is 28.6 Å². The number of benzene rings is 4. The molecule has 27 nitrogen and oxygen atoms in total. The molecule has 80 heavy (non-hydrogen) atoms. The van der Waals surface area contributed by atoms with Crippen LogP contribution in [0.5, 0.6) is 11.5 Å². The fraction of sp³-hybridized carbons (Fsp3) is 0.300. The number of phosphoric ester groups is 1. The number of imidazole rings is 1. The molecule has 0 radical (unpaired) electrons. The number of aromatic nitrogens is 4. The Bertz CT molecular complexity index is 3760. The lowest BCUT2D eigenvalue weighted by atomic mass is 9.91. The summed E-state index contributed by atoms with van der Waals surface area (Å²) in [5, 5.41) is 36.7. The van der Waals surface area contributed by atoms with Crippen LogP contribution < -0.4 is 15.5 Å². The SMILES string of the molecule is CC(Nc1ncnc2c1ncn2[C@H]1C[C@@H](O)[C@@H](COP(=O)(O)OP(=O)(O)OP(=O)(O)O)O1)c1ccc(C#CCCC(=O)CCCCCCC(=O)c2ccc(OC=O)c(-c3c4ccc(=O)cc-4oc4cc(O)ccc34)c2)cc1[N+](=O)[O-]. The minimum absolute atomic E-state index is 0.00824. The summed E-state index contributed by atoms with van der Waals surface area (Å²) in [4.78, 5) is 111. The maximum absolute atomic E-state index is 13.5. The number of nitrogens with one attached hydrogen (secondary N) is 1. The van der Waals surface area contributed by atoms with Gasteiger partial charge in [-0.05, 0) is 74.4 Å². The topological polar surface area (TPSA) is 399 Å². The number of hydrogen-bond acceptors (Lipinski definition) is 21. The van der Waals surface area contributed by atoms with Gasteiger partial charge >= 0.3 is 23.5 Å². The van der Waals surface area contributed by atoms with Crippen molar-refractivity contribution in [3.63, 3.8) is 0 Å². The van der Waals surface area contributed by atoms with Gasteiger partial charge in [0, 0.05) is 83.5 Å². The van der Waals surface area contributed by atoms with Gasteiger partial charge in [-0.1, -0.05) is 24.7 Å². The number of fused-ring (bicyclic) bond motifs is 3. The third kappa shape index (κ3) is 14.7. The first kappa shape index (κ1) is 58.7. The minimum atomic E-state index is -5.77. The monoisotopic (exact) mass is 1160 g/mol. The van der Waals surface area contributed by atoms with Gasteiger partial charge in [0.2, 0.25) is 0 Å². The second-order valence-corrected chi connectivity index (χ2v) is 22.6. The van der Waals surface area contributed by atoms with Crippen LogP contribution in [0.3, 0.4) is 0 Å². The van der Waals surface area contributed by atoms with Crippen molar-refractivity contribution in [1.82, 2.24) is 19.5 Å². The van der Waals surface area contributed by atoms with E-state index in [1.165, 1.54) is 59.7 Å². The van der Waals surface area contributed by atoms with Crippen molar-refractivity contribution >= 4 is 75.1 Å². The zero-order valence-corrected chi connectivity index (χ0v) is 44.6. The first-order valence-corrected chi connectivity index (χ1v) is 28.8. The summed E-state index contributed by atoms with van der Waals surface area (Å²) in [7, 11) is -16.9.